The maximum Gasteiger partial charge on any atom is 0.319 e. The molecule has 5 aromatic carbocycles. The predicted molar refractivity (Wildman–Crippen MR) is 220 cm³/mol. The van der Waals surface area contributed by atoms with Crippen molar-refractivity contribution in [2.75, 3.05) is 18.4 Å². The van der Waals surface area contributed by atoms with Crippen LogP contribution >= 0.6 is 0 Å². The third-order valence-electron chi connectivity index (χ3n) is 11.6. The van der Waals surface area contributed by atoms with Crippen LogP contribution in [0.15, 0.2) is 127 Å². The number of amides is 2. The van der Waals surface area contributed by atoms with E-state index < -0.39 is 6.29 Å². The maximum absolute atomic E-state index is 12.8. The minimum Gasteiger partial charge on any atom is -0.457 e. The molecule has 0 radical (unpaired) electrons. The first-order valence-corrected chi connectivity index (χ1v) is 19.9. The molecule has 2 amide bonds. The van der Waals surface area contributed by atoms with E-state index in [4.69, 9.17) is 14.2 Å². The Hall–Kier alpha value is -4.99. The van der Waals surface area contributed by atoms with Crippen molar-refractivity contribution in [3.05, 3.63) is 150 Å². The van der Waals surface area contributed by atoms with Crippen molar-refractivity contribution in [3.8, 4) is 22.6 Å². The average Bonchev–Trinajstić information content (AvgIpc) is 3.44. The number of fused-ring (bicyclic) bond motifs is 2. The number of urea groups is 1. The number of para-hydroxylation sites is 1. The molecular formula is C48H53N3O5. The van der Waals surface area contributed by atoms with Gasteiger partial charge in [0.2, 0.25) is 0 Å². The van der Waals surface area contributed by atoms with Gasteiger partial charge in [0.25, 0.3) is 0 Å². The fraction of sp³-hybridized carbons (Fsp3) is 0.354. The van der Waals surface area contributed by atoms with Gasteiger partial charge < -0.3 is 30.0 Å². The van der Waals surface area contributed by atoms with E-state index in [9.17, 15) is 9.90 Å². The second-order valence-electron chi connectivity index (χ2n) is 17.1. The molecule has 2 saturated heterocycles. The quantitative estimate of drug-likeness (QED) is 0.124. The molecule has 2 aliphatic heterocycles. The number of carbonyl (C=O) groups is 1. The van der Waals surface area contributed by atoms with Crippen molar-refractivity contribution in [1.82, 2.24) is 10.2 Å². The Morgan fingerprint density at radius 1 is 0.786 bits per heavy atom. The first-order valence-electron chi connectivity index (χ1n) is 19.9. The van der Waals surface area contributed by atoms with E-state index in [2.05, 4.69) is 84.8 Å². The molecule has 5 atom stereocenters. The highest BCUT2D eigenvalue weighted by molar-refractivity contribution is 5.89. The molecule has 2 heterocycles. The highest BCUT2D eigenvalue weighted by Gasteiger charge is 2.50. The zero-order valence-electron chi connectivity index (χ0n) is 32.6. The Labute approximate surface area is 330 Å². The predicted octanol–water partition coefficient (Wildman–Crippen LogP) is 10.4. The van der Waals surface area contributed by atoms with E-state index in [1.807, 2.05) is 78.9 Å². The highest BCUT2D eigenvalue weighted by Crippen LogP contribution is 2.53. The number of aliphatic hydroxyl groups excluding tert-OH is 1. The Morgan fingerprint density at radius 3 is 2.27 bits per heavy atom. The molecule has 0 spiro atoms. The molecule has 8 rings (SSSR count). The number of nitrogens with zero attached hydrogens (tertiary/aromatic N) is 1. The summed E-state index contributed by atoms with van der Waals surface area (Å²) in [6, 6.07) is 42.0. The molecule has 3 aliphatic rings. The first-order chi connectivity index (χ1) is 27.1. The van der Waals surface area contributed by atoms with Crippen LogP contribution in [0.3, 0.4) is 0 Å². The number of hydrogen-bond acceptors (Lipinski definition) is 6. The molecule has 2 bridgehead atoms. The molecule has 5 aromatic rings. The lowest BCUT2D eigenvalue weighted by Crippen LogP contribution is -2.42. The van der Waals surface area contributed by atoms with Gasteiger partial charge in [-0.1, -0.05) is 106 Å². The van der Waals surface area contributed by atoms with Gasteiger partial charge in [-0.15, -0.1) is 0 Å². The number of ether oxygens (including phenoxy) is 3. The van der Waals surface area contributed by atoms with E-state index in [-0.39, 0.29) is 24.8 Å². The lowest BCUT2D eigenvalue weighted by atomic mass is 9.65. The molecule has 8 nitrogen and oxygen atoms in total. The van der Waals surface area contributed by atoms with Crippen molar-refractivity contribution in [2.45, 2.75) is 84.1 Å². The number of aliphatic hydroxyl groups is 1. The third-order valence-corrected chi connectivity index (χ3v) is 11.6. The number of benzene rings is 5. The molecule has 2 unspecified atom stereocenters. The van der Waals surface area contributed by atoms with Crippen LogP contribution in [0.2, 0.25) is 0 Å². The van der Waals surface area contributed by atoms with E-state index in [1.165, 1.54) is 19.3 Å². The molecule has 1 saturated carbocycles. The Morgan fingerprint density at radius 2 is 1.52 bits per heavy atom. The summed E-state index contributed by atoms with van der Waals surface area (Å²) in [6.45, 7) is 9.74. The zero-order chi connectivity index (χ0) is 38.7. The van der Waals surface area contributed by atoms with Crippen LogP contribution in [0.4, 0.5) is 10.5 Å². The Bertz CT molecular complexity index is 2090. The molecule has 3 N–H and O–H groups in total. The molecule has 3 fully saturated rings. The first kappa shape index (κ1) is 37.9. The van der Waals surface area contributed by atoms with E-state index in [1.54, 1.807) is 0 Å². The number of rotatable bonds is 11. The van der Waals surface area contributed by atoms with Crippen LogP contribution < -0.4 is 15.4 Å². The van der Waals surface area contributed by atoms with Crippen LogP contribution in [-0.4, -0.2) is 41.3 Å². The van der Waals surface area contributed by atoms with Gasteiger partial charge in [0.15, 0.2) is 6.29 Å². The van der Waals surface area contributed by atoms with Gasteiger partial charge in [-0.2, -0.15) is 0 Å². The summed E-state index contributed by atoms with van der Waals surface area (Å²) in [5.74, 6) is 1.46. The topological polar surface area (TPSA) is 92.3 Å². The highest BCUT2D eigenvalue weighted by atomic mass is 16.7. The summed E-state index contributed by atoms with van der Waals surface area (Å²) in [5, 5.41) is 15.5. The van der Waals surface area contributed by atoms with E-state index in [0.29, 0.717) is 34.9 Å². The summed E-state index contributed by atoms with van der Waals surface area (Å²) in [4.78, 5) is 15.5. The van der Waals surface area contributed by atoms with Gasteiger partial charge >= 0.3 is 6.03 Å². The van der Waals surface area contributed by atoms with Crippen LogP contribution in [0.1, 0.15) is 81.1 Å². The van der Waals surface area contributed by atoms with Gasteiger partial charge in [0.05, 0.1) is 18.8 Å². The SMILES string of the molecule is CC1(C)CC2CC(C)(CN2C[C@@H]2C[C@H](c3ccc(CO)cc3)O[C@H](c3ccc(-c4cccc(CNC(=O)Nc5ccc(Oc6ccccc6)cc5)c4)cc3)O2)C1. The minimum atomic E-state index is -0.499. The summed E-state index contributed by atoms with van der Waals surface area (Å²) < 4.78 is 19.4. The van der Waals surface area contributed by atoms with Crippen LogP contribution in [-0.2, 0) is 22.6 Å². The van der Waals surface area contributed by atoms with Crippen molar-refractivity contribution in [2.24, 2.45) is 10.8 Å². The number of carbonyl (C=O) groups excluding carboxylic acids is 1. The zero-order valence-corrected chi connectivity index (χ0v) is 32.6. The van der Waals surface area contributed by atoms with Crippen molar-refractivity contribution in [1.29, 1.82) is 0 Å². The van der Waals surface area contributed by atoms with Gasteiger partial charge in [-0.3, -0.25) is 4.90 Å². The van der Waals surface area contributed by atoms with Crippen molar-refractivity contribution >= 4 is 11.7 Å². The fourth-order valence-corrected chi connectivity index (χ4v) is 9.37. The molecule has 1 aliphatic carbocycles. The summed E-state index contributed by atoms with van der Waals surface area (Å²) in [5.41, 5.74) is 7.51. The van der Waals surface area contributed by atoms with Crippen molar-refractivity contribution in [3.63, 3.8) is 0 Å². The molecule has 8 heteroatoms. The summed E-state index contributed by atoms with van der Waals surface area (Å²) >= 11 is 0. The van der Waals surface area contributed by atoms with E-state index >= 15 is 0 Å². The number of nitrogens with one attached hydrogen (secondary N) is 2. The molecule has 290 valence electrons. The molecule has 56 heavy (non-hydrogen) atoms. The smallest absolute Gasteiger partial charge is 0.319 e. The number of hydrogen-bond donors (Lipinski definition) is 3. The lowest BCUT2D eigenvalue weighted by molar-refractivity contribution is -0.253. The average molecular weight is 752 g/mol. The molecular weight excluding hydrogens is 699 g/mol. The van der Waals surface area contributed by atoms with E-state index in [0.717, 1.165) is 58.6 Å². The van der Waals surface area contributed by atoms with Gasteiger partial charge in [0.1, 0.15) is 11.5 Å². The fourth-order valence-electron chi connectivity index (χ4n) is 9.37. The van der Waals surface area contributed by atoms with Crippen molar-refractivity contribution < 1.29 is 24.1 Å². The Kier molecular flexibility index (Phi) is 11.0. The molecule has 0 aromatic heterocycles. The second kappa shape index (κ2) is 16.2. The van der Waals surface area contributed by atoms with Crippen LogP contribution in [0.5, 0.6) is 11.5 Å². The maximum atomic E-state index is 12.8. The summed E-state index contributed by atoms with van der Waals surface area (Å²) in [6.07, 6.45) is 3.96. The summed E-state index contributed by atoms with van der Waals surface area (Å²) in [7, 11) is 0. The second-order valence-corrected chi connectivity index (χ2v) is 17.1. The van der Waals surface area contributed by atoms with Gasteiger partial charge in [0, 0.05) is 43.3 Å². The number of likely N-dealkylation sites (tertiary alicyclic amines) is 1. The largest absolute Gasteiger partial charge is 0.457 e. The Balaban J connectivity index is 0.907. The standard InChI is InChI=1S/C48H53N3O5/c1-47(2)26-40-27-48(3,31-47)32-51(40)29-43-25-44(36-14-12-33(30-52)13-15-36)56-45(55-43)37-18-16-35(17-19-37)38-9-7-8-34(24-38)28-49-46(53)50-39-20-22-42(23-21-39)54-41-10-5-4-6-11-41/h4-24,40,43-45,52H,25-32H2,1-3H3,(H2,49,50,53)/t40?,43-,44+,45+,48?/m0/s1. The third kappa shape index (κ3) is 9.17. The monoisotopic (exact) mass is 751 g/mol. The van der Waals surface area contributed by atoms with Gasteiger partial charge in [-0.05, 0) is 100 Å². The van der Waals surface area contributed by atoms with Crippen LogP contribution in [0, 0.1) is 10.8 Å². The minimum absolute atomic E-state index is 0.0222. The van der Waals surface area contributed by atoms with Crippen LogP contribution in [0.25, 0.3) is 11.1 Å². The normalized spacial score (nSPS) is 24.4. The van der Waals surface area contributed by atoms with Gasteiger partial charge in [-0.25, -0.2) is 4.79 Å². The lowest BCUT2D eigenvalue weighted by Gasteiger charge is -2.41. The number of anilines is 1.